The third kappa shape index (κ3) is 1.93. The van der Waals surface area contributed by atoms with Crippen molar-refractivity contribution >= 4 is 11.6 Å². The van der Waals surface area contributed by atoms with Gasteiger partial charge < -0.3 is 11.5 Å². The number of aromatic amines is 2. The van der Waals surface area contributed by atoms with Crippen molar-refractivity contribution in [2.45, 2.75) is 50.9 Å². The zero-order valence-electron chi connectivity index (χ0n) is 14.8. The van der Waals surface area contributed by atoms with Crippen molar-refractivity contribution < 1.29 is 0 Å². The molecule has 1 spiro atoms. The molecule has 8 nitrogen and oxygen atoms in total. The van der Waals surface area contributed by atoms with Crippen LogP contribution in [0.2, 0.25) is 0 Å². The van der Waals surface area contributed by atoms with Gasteiger partial charge in [0.2, 0.25) is 0 Å². The molecule has 0 saturated heterocycles. The van der Waals surface area contributed by atoms with E-state index in [1.54, 1.807) is 0 Å². The van der Waals surface area contributed by atoms with Gasteiger partial charge in [0.25, 0.3) is 0 Å². The number of nitrogen functional groups attached to an aromatic ring is 2. The first kappa shape index (κ1) is 15.5. The molecule has 5 rings (SSSR count). The molecule has 2 aromatic heterocycles. The SMILES string of the molecule is CN1Cc2c(N)n[nH]c2C1(C)C.CN1Cc2c(N)n[nH]c2C12CC2. The molecule has 0 bridgehead atoms. The molecule has 0 unspecified atom stereocenters. The highest BCUT2D eigenvalue weighted by atomic mass is 15.3. The number of H-pyrrole nitrogens is 2. The van der Waals surface area contributed by atoms with Crippen molar-refractivity contribution in [2.75, 3.05) is 25.6 Å². The molecule has 6 N–H and O–H groups in total. The second kappa shape index (κ2) is 4.73. The highest BCUT2D eigenvalue weighted by Crippen LogP contribution is 2.55. The van der Waals surface area contributed by atoms with E-state index in [0.717, 1.165) is 24.3 Å². The van der Waals surface area contributed by atoms with Gasteiger partial charge in [-0.05, 0) is 40.8 Å². The van der Waals surface area contributed by atoms with Gasteiger partial charge in [-0.2, -0.15) is 10.2 Å². The number of rotatable bonds is 0. The molecule has 0 amide bonds. The first-order chi connectivity index (χ1) is 11.3. The molecule has 2 aromatic rings. The number of nitrogens with two attached hydrogens (primary N) is 2. The minimum atomic E-state index is 0.0416. The minimum absolute atomic E-state index is 0.0416. The maximum absolute atomic E-state index is 5.73. The van der Waals surface area contributed by atoms with Gasteiger partial charge in [0.1, 0.15) is 11.6 Å². The van der Waals surface area contributed by atoms with Gasteiger partial charge in [0.05, 0.1) is 22.5 Å². The third-order valence-corrected chi connectivity index (χ3v) is 6.07. The summed E-state index contributed by atoms with van der Waals surface area (Å²) in [5.41, 5.74) is 16.6. The Balaban J connectivity index is 0.000000121. The lowest BCUT2D eigenvalue weighted by Crippen LogP contribution is -2.32. The molecule has 0 atom stereocenters. The number of hydrogen-bond donors (Lipinski definition) is 4. The third-order valence-electron chi connectivity index (χ3n) is 6.07. The smallest absolute Gasteiger partial charge is 0.150 e. The summed E-state index contributed by atoms with van der Waals surface area (Å²) in [5.74, 6) is 1.32. The standard InChI is InChI=1S/C8H12N4.C8H14N4/c1-12-4-5-6(8(12)2-3-8)10-11-7(5)9;1-8(2)6-5(4-12(8)3)7(9)11-10-6/h2-4H2,1H3,(H3,9,10,11);4H2,1-3H3,(H3,9,10,11). The maximum atomic E-state index is 5.73. The van der Waals surface area contributed by atoms with Crippen LogP contribution in [0.1, 0.15) is 49.2 Å². The van der Waals surface area contributed by atoms with Crippen molar-refractivity contribution in [3.05, 3.63) is 22.5 Å². The van der Waals surface area contributed by atoms with Gasteiger partial charge in [0, 0.05) is 24.2 Å². The van der Waals surface area contributed by atoms with E-state index in [9.17, 15) is 0 Å². The van der Waals surface area contributed by atoms with Crippen molar-refractivity contribution in [2.24, 2.45) is 0 Å². The molecular weight excluding hydrogens is 304 g/mol. The lowest BCUT2D eigenvalue weighted by Gasteiger charge is -2.27. The van der Waals surface area contributed by atoms with Crippen LogP contribution in [0.5, 0.6) is 0 Å². The Morgan fingerprint density at radius 3 is 1.92 bits per heavy atom. The topological polar surface area (TPSA) is 116 Å². The summed E-state index contributed by atoms with van der Waals surface area (Å²) in [6.07, 6.45) is 2.50. The van der Waals surface area contributed by atoms with E-state index in [-0.39, 0.29) is 5.54 Å². The highest BCUT2D eigenvalue weighted by molar-refractivity contribution is 5.50. The molecule has 24 heavy (non-hydrogen) atoms. The minimum Gasteiger partial charge on any atom is -0.382 e. The van der Waals surface area contributed by atoms with Gasteiger partial charge in [-0.3, -0.25) is 20.0 Å². The van der Waals surface area contributed by atoms with E-state index in [1.807, 2.05) is 0 Å². The summed E-state index contributed by atoms with van der Waals surface area (Å²) in [6.45, 7) is 6.18. The molecule has 1 fully saturated rings. The van der Waals surface area contributed by atoms with Crippen LogP contribution in [-0.2, 0) is 24.2 Å². The molecule has 0 aromatic carbocycles. The quantitative estimate of drug-likeness (QED) is 0.575. The van der Waals surface area contributed by atoms with Crippen molar-refractivity contribution in [1.29, 1.82) is 0 Å². The molecule has 1 aliphatic carbocycles. The van der Waals surface area contributed by atoms with Crippen molar-refractivity contribution in [1.82, 2.24) is 30.2 Å². The summed E-state index contributed by atoms with van der Waals surface area (Å²) in [6, 6.07) is 0. The Kier molecular flexibility index (Phi) is 3.05. The van der Waals surface area contributed by atoms with Crippen molar-refractivity contribution in [3.63, 3.8) is 0 Å². The maximum Gasteiger partial charge on any atom is 0.150 e. The Hall–Kier alpha value is -2.06. The van der Waals surface area contributed by atoms with Crippen LogP contribution in [-0.4, -0.2) is 44.3 Å². The number of anilines is 2. The first-order valence-corrected chi connectivity index (χ1v) is 8.36. The fraction of sp³-hybridized carbons (Fsp3) is 0.625. The predicted octanol–water partition coefficient (Wildman–Crippen LogP) is 1.10. The summed E-state index contributed by atoms with van der Waals surface area (Å²) in [5, 5.41) is 14.1. The lowest BCUT2D eigenvalue weighted by atomic mass is 10.0. The molecule has 0 radical (unpaired) electrons. The van der Waals surface area contributed by atoms with Crippen LogP contribution in [0, 0.1) is 0 Å². The van der Waals surface area contributed by atoms with Crippen LogP contribution < -0.4 is 11.5 Å². The Morgan fingerprint density at radius 2 is 1.38 bits per heavy atom. The molecule has 130 valence electrons. The van der Waals surface area contributed by atoms with E-state index in [4.69, 9.17) is 11.5 Å². The molecule has 8 heteroatoms. The summed E-state index contributed by atoms with van der Waals surface area (Å²) in [4.78, 5) is 4.62. The van der Waals surface area contributed by atoms with Gasteiger partial charge in [-0.15, -0.1) is 0 Å². The van der Waals surface area contributed by atoms with E-state index < -0.39 is 0 Å². The Bertz CT molecular complexity index is 728. The van der Waals surface area contributed by atoms with Gasteiger partial charge in [0.15, 0.2) is 0 Å². The Morgan fingerprint density at radius 1 is 0.875 bits per heavy atom. The molecule has 2 aliphatic heterocycles. The van der Waals surface area contributed by atoms with Gasteiger partial charge in [-0.1, -0.05) is 0 Å². The van der Waals surface area contributed by atoms with Crippen molar-refractivity contribution in [3.8, 4) is 0 Å². The zero-order chi connectivity index (χ0) is 17.3. The van der Waals surface area contributed by atoms with Crippen LogP contribution in [0.3, 0.4) is 0 Å². The van der Waals surface area contributed by atoms with Gasteiger partial charge >= 0.3 is 0 Å². The largest absolute Gasteiger partial charge is 0.382 e. The molecule has 4 heterocycles. The monoisotopic (exact) mass is 330 g/mol. The van der Waals surface area contributed by atoms with Crippen LogP contribution in [0.15, 0.2) is 0 Å². The molecule has 1 saturated carbocycles. The summed E-state index contributed by atoms with van der Waals surface area (Å²) >= 11 is 0. The number of nitrogens with one attached hydrogen (secondary N) is 2. The van der Waals surface area contributed by atoms with E-state index in [1.165, 1.54) is 24.1 Å². The molecule has 3 aliphatic rings. The summed E-state index contributed by atoms with van der Waals surface area (Å²) < 4.78 is 0. The van der Waals surface area contributed by atoms with Crippen LogP contribution in [0.25, 0.3) is 0 Å². The average Bonchev–Trinajstić information content (AvgIpc) is 2.94. The summed E-state index contributed by atoms with van der Waals surface area (Å²) in [7, 11) is 4.24. The fourth-order valence-electron chi connectivity index (χ4n) is 3.92. The second-order valence-electron chi connectivity index (χ2n) is 7.73. The Labute approximate surface area is 141 Å². The number of hydrogen-bond acceptors (Lipinski definition) is 6. The van der Waals surface area contributed by atoms with E-state index >= 15 is 0 Å². The second-order valence-corrected chi connectivity index (χ2v) is 7.73. The lowest BCUT2D eigenvalue weighted by molar-refractivity contribution is 0.173. The van der Waals surface area contributed by atoms with E-state index in [2.05, 4.69) is 58.1 Å². The number of fused-ring (bicyclic) bond motifs is 3. The average molecular weight is 330 g/mol. The van der Waals surface area contributed by atoms with Crippen LogP contribution in [0.4, 0.5) is 11.6 Å². The zero-order valence-corrected chi connectivity index (χ0v) is 14.8. The highest BCUT2D eigenvalue weighted by Gasteiger charge is 2.54. The van der Waals surface area contributed by atoms with Crippen LogP contribution >= 0.6 is 0 Å². The first-order valence-electron chi connectivity index (χ1n) is 8.36. The number of aromatic nitrogens is 4. The predicted molar refractivity (Wildman–Crippen MR) is 92.9 cm³/mol. The normalized spacial score (nSPS) is 23.0. The fourth-order valence-corrected chi connectivity index (χ4v) is 3.92. The molecular formula is C16H26N8. The van der Waals surface area contributed by atoms with E-state index in [0.29, 0.717) is 17.2 Å². The number of nitrogens with zero attached hydrogens (tertiary/aromatic N) is 4. The van der Waals surface area contributed by atoms with Gasteiger partial charge in [-0.25, -0.2) is 0 Å².